The summed E-state index contributed by atoms with van der Waals surface area (Å²) in [6.45, 7) is 3.63. The maximum absolute atomic E-state index is 12.3. The number of carbonyl (C=O) groups is 1. The molecule has 2 fully saturated rings. The predicted octanol–water partition coefficient (Wildman–Crippen LogP) is 1.39. The number of nitrogens with one attached hydrogen (secondary N) is 2. The van der Waals surface area contributed by atoms with Gasteiger partial charge in [0.05, 0.1) is 6.04 Å². The Balaban J connectivity index is 1.58. The van der Waals surface area contributed by atoms with Crippen molar-refractivity contribution in [1.29, 1.82) is 0 Å². The number of aryl methyl sites for hydroxylation is 1. The van der Waals surface area contributed by atoms with Gasteiger partial charge in [-0.2, -0.15) is 0 Å². The molecular weight excluding hydrogens is 238 g/mol. The monoisotopic (exact) mass is 259 g/mol. The third-order valence-corrected chi connectivity index (χ3v) is 4.62. The number of fused-ring (bicyclic) bond motifs is 1. The Bertz CT molecular complexity index is 474. The van der Waals surface area contributed by atoms with Crippen molar-refractivity contribution in [3.63, 3.8) is 0 Å². The predicted molar refractivity (Wildman–Crippen MR) is 73.4 cm³/mol. The minimum atomic E-state index is 0.0228. The zero-order valence-electron chi connectivity index (χ0n) is 11.4. The second kappa shape index (κ2) is 5.29. The summed E-state index contributed by atoms with van der Waals surface area (Å²) in [6, 6.07) is 1.99. The molecule has 4 heteroatoms. The Morgan fingerprint density at radius 1 is 1.53 bits per heavy atom. The van der Waals surface area contributed by atoms with Gasteiger partial charge in [0.15, 0.2) is 0 Å². The maximum Gasteiger partial charge on any atom is 0.237 e. The molecule has 1 aromatic heterocycles. The van der Waals surface area contributed by atoms with Gasteiger partial charge in [0.2, 0.25) is 5.91 Å². The van der Waals surface area contributed by atoms with Crippen LogP contribution >= 0.6 is 0 Å². The molecule has 1 saturated heterocycles. The Kier molecular flexibility index (Phi) is 3.51. The van der Waals surface area contributed by atoms with Crippen molar-refractivity contribution in [1.82, 2.24) is 15.6 Å². The Hall–Kier alpha value is -1.42. The average Bonchev–Trinajstić information content (AvgIpc) is 2.99. The zero-order valence-corrected chi connectivity index (χ0v) is 11.4. The second-order valence-corrected chi connectivity index (χ2v) is 5.76. The van der Waals surface area contributed by atoms with E-state index in [1.807, 2.05) is 19.2 Å². The topological polar surface area (TPSA) is 54.0 Å². The minimum Gasteiger partial charge on any atom is -0.351 e. The lowest BCUT2D eigenvalue weighted by Gasteiger charge is -2.18. The highest BCUT2D eigenvalue weighted by Crippen LogP contribution is 2.37. The fraction of sp³-hybridized carbons (Fsp3) is 0.600. The molecule has 19 heavy (non-hydrogen) atoms. The van der Waals surface area contributed by atoms with Crippen LogP contribution in [0.15, 0.2) is 18.5 Å². The number of nitrogens with zero attached hydrogens (tertiary/aromatic N) is 1. The van der Waals surface area contributed by atoms with Crippen molar-refractivity contribution in [3.8, 4) is 0 Å². The van der Waals surface area contributed by atoms with Crippen LogP contribution in [0.1, 0.15) is 30.4 Å². The molecule has 3 atom stereocenters. The fourth-order valence-corrected chi connectivity index (χ4v) is 3.47. The molecule has 1 aliphatic heterocycles. The van der Waals surface area contributed by atoms with Crippen molar-refractivity contribution < 1.29 is 4.79 Å². The number of hydrogen-bond acceptors (Lipinski definition) is 3. The molecule has 1 aliphatic carbocycles. The molecule has 4 nitrogen and oxygen atoms in total. The van der Waals surface area contributed by atoms with Crippen molar-refractivity contribution >= 4 is 5.91 Å². The molecule has 2 aliphatic rings. The van der Waals surface area contributed by atoms with E-state index >= 15 is 0 Å². The van der Waals surface area contributed by atoms with Crippen molar-refractivity contribution in [2.45, 2.75) is 38.8 Å². The highest BCUT2D eigenvalue weighted by Gasteiger charge is 2.42. The van der Waals surface area contributed by atoms with E-state index in [2.05, 4.69) is 15.6 Å². The van der Waals surface area contributed by atoms with Crippen LogP contribution in [0, 0.1) is 18.8 Å². The lowest BCUT2D eigenvalue weighted by Crippen LogP contribution is -2.43. The van der Waals surface area contributed by atoms with Gasteiger partial charge in [-0.05, 0) is 55.3 Å². The van der Waals surface area contributed by atoms with E-state index in [4.69, 9.17) is 0 Å². The van der Waals surface area contributed by atoms with E-state index in [0.29, 0.717) is 12.5 Å². The molecule has 1 saturated carbocycles. The van der Waals surface area contributed by atoms with Crippen LogP contribution in [0.2, 0.25) is 0 Å². The summed E-state index contributed by atoms with van der Waals surface area (Å²) in [5.74, 6) is 1.43. The van der Waals surface area contributed by atoms with Gasteiger partial charge in [-0.15, -0.1) is 0 Å². The maximum atomic E-state index is 12.3. The number of hydrogen-bond donors (Lipinski definition) is 2. The fourth-order valence-electron chi connectivity index (χ4n) is 3.47. The quantitative estimate of drug-likeness (QED) is 0.862. The molecule has 0 spiro atoms. The first-order valence-corrected chi connectivity index (χ1v) is 7.16. The van der Waals surface area contributed by atoms with Crippen LogP contribution in [0.25, 0.3) is 0 Å². The molecule has 2 heterocycles. The Labute approximate surface area is 114 Å². The van der Waals surface area contributed by atoms with E-state index in [-0.39, 0.29) is 11.9 Å². The van der Waals surface area contributed by atoms with Crippen molar-refractivity contribution in [2.75, 3.05) is 6.54 Å². The van der Waals surface area contributed by atoms with E-state index in [9.17, 15) is 4.79 Å². The Morgan fingerprint density at radius 3 is 3.26 bits per heavy atom. The van der Waals surface area contributed by atoms with Crippen molar-refractivity contribution in [2.24, 2.45) is 11.8 Å². The van der Waals surface area contributed by atoms with E-state index in [1.165, 1.54) is 19.3 Å². The summed E-state index contributed by atoms with van der Waals surface area (Å²) in [6.07, 6.45) is 7.37. The van der Waals surface area contributed by atoms with Gasteiger partial charge in [-0.3, -0.25) is 9.78 Å². The molecule has 102 valence electrons. The van der Waals surface area contributed by atoms with Crippen LogP contribution in [0.5, 0.6) is 0 Å². The van der Waals surface area contributed by atoms with Gasteiger partial charge in [-0.1, -0.05) is 6.42 Å². The second-order valence-electron chi connectivity index (χ2n) is 5.76. The zero-order chi connectivity index (χ0) is 13.2. The minimum absolute atomic E-state index is 0.0228. The number of amides is 1. The molecular formula is C15H21N3O. The number of pyridine rings is 1. The molecule has 0 bridgehead atoms. The molecule has 0 radical (unpaired) electrons. The Morgan fingerprint density at radius 2 is 2.42 bits per heavy atom. The first-order chi connectivity index (χ1) is 9.25. The standard InChI is InChI=1S/C15H21N3O/c1-10-7-16-6-5-11(10)8-18-15(19)14-13-4-2-3-12(13)9-17-14/h5-7,12-14,17H,2-4,8-9H2,1H3,(H,18,19). The van der Waals surface area contributed by atoms with E-state index < -0.39 is 0 Å². The molecule has 3 rings (SSSR count). The van der Waals surface area contributed by atoms with Gasteiger partial charge in [0.1, 0.15) is 0 Å². The van der Waals surface area contributed by atoms with Gasteiger partial charge in [0.25, 0.3) is 0 Å². The van der Waals surface area contributed by atoms with E-state index in [1.54, 1.807) is 6.20 Å². The van der Waals surface area contributed by atoms with E-state index in [0.717, 1.165) is 23.6 Å². The van der Waals surface area contributed by atoms with Crippen LogP contribution in [-0.2, 0) is 11.3 Å². The van der Waals surface area contributed by atoms with Crippen LogP contribution < -0.4 is 10.6 Å². The number of aromatic nitrogens is 1. The third-order valence-electron chi connectivity index (χ3n) is 4.62. The average molecular weight is 259 g/mol. The summed E-state index contributed by atoms with van der Waals surface area (Å²) >= 11 is 0. The number of rotatable bonds is 3. The van der Waals surface area contributed by atoms with Crippen LogP contribution in [-0.4, -0.2) is 23.5 Å². The van der Waals surface area contributed by atoms with Gasteiger partial charge in [-0.25, -0.2) is 0 Å². The largest absolute Gasteiger partial charge is 0.351 e. The first kappa shape index (κ1) is 12.6. The summed E-state index contributed by atoms with van der Waals surface area (Å²) in [5, 5.41) is 6.45. The SMILES string of the molecule is Cc1cnccc1CNC(=O)C1NCC2CCCC21. The first-order valence-electron chi connectivity index (χ1n) is 7.16. The number of carbonyl (C=O) groups excluding carboxylic acids is 1. The van der Waals surface area contributed by atoms with Crippen molar-refractivity contribution in [3.05, 3.63) is 29.6 Å². The van der Waals surface area contributed by atoms with Gasteiger partial charge < -0.3 is 10.6 Å². The highest BCUT2D eigenvalue weighted by molar-refractivity contribution is 5.82. The third kappa shape index (κ3) is 2.50. The lowest BCUT2D eigenvalue weighted by atomic mass is 9.93. The molecule has 3 unspecified atom stereocenters. The molecule has 0 aromatic carbocycles. The summed E-state index contributed by atoms with van der Waals surface area (Å²) in [5.41, 5.74) is 2.27. The summed E-state index contributed by atoms with van der Waals surface area (Å²) in [4.78, 5) is 16.4. The highest BCUT2D eigenvalue weighted by atomic mass is 16.2. The molecule has 1 aromatic rings. The normalized spacial score (nSPS) is 29.2. The molecule has 1 amide bonds. The van der Waals surface area contributed by atoms with Gasteiger partial charge >= 0.3 is 0 Å². The summed E-state index contributed by atoms with van der Waals surface area (Å²) in [7, 11) is 0. The molecule has 2 N–H and O–H groups in total. The smallest absolute Gasteiger partial charge is 0.237 e. The van der Waals surface area contributed by atoms with Crippen LogP contribution in [0.3, 0.4) is 0 Å². The van der Waals surface area contributed by atoms with Crippen LogP contribution in [0.4, 0.5) is 0 Å². The summed E-state index contributed by atoms with van der Waals surface area (Å²) < 4.78 is 0. The lowest BCUT2D eigenvalue weighted by molar-refractivity contribution is -0.123. The van der Waals surface area contributed by atoms with Gasteiger partial charge in [0, 0.05) is 18.9 Å².